The van der Waals surface area contributed by atoms with E-state index in [2.05, 4.69) is 10.1 Å². The normalized spacial score (nSPS) is 10.5. The zero-order valence-electron chi connectivity index (χ0n) is 11.3. The highest BCUT2D eigenvalue weighted by Gasteiger charge is 2.12. The van der Waals surface area contributed by atoms with Gasteiger partial charge in [-0.05, 0) is 18.4 Å². The van der Waals surface area contributed by atoms with Crippen LogP contribution >= 0.6 is 11.3 Å². The molecule has 0 saturated heterocycles. The second-order valence-corrected chi connectivity index (χ2v) is 5.25. The number of ether oxygens (including phenoxy) is 1. The Labute approximate surface area is 125 Å². The van der Waals surface area contributed by atoms with Gasteiger partial charge in [0.1, 0.15) is 0 Å². The van der Waals surface area contributed by atoms with E-state index in [0.29, 0.717) is 11.4 Å². The Morgan fingerprint density at radius 3 is 2.81 bits per heavy atom. The van der Waals surface area contributed by atoms with Crippen molar-refractivity contribution in [1.29, 1.82) is 0 Å². The van der Waals surface area contributed by atoms with Crippen molar-refractivity contribution in [2.24, 2.45) is 0 Å². The van der Waals surface area contributed by atoms with E-state index in [1.54, 1.807) is 11.4 Å². The summed E-state index contributed by atoms with van der Waals surface area (Å²) in [6, 6.07) is 9.49. The minimum absolute atomic E-state index is 0.0342. The lowest BCUT2D eigenvalue weighted by molar-refractivity contribution is 0.0430. The molecule has 2 heterocycles. The molecule has 5 nitrogen and oxygen atoms in total. The molecule has 0 fully saturated rings. The van der Waals surface area contributed by atoms with Crippen LogP contribution in [0.4, 0.5) is 0 Å². The number of aromatic nitrogens is 2. The van der Waals surface area contributed by atoms with Crippen LogP contribution in [0.25, 0.3) is 11.4 Å². The summed E-state index contributed by atoms with van der Waals surface area (Å²) in [5, 5.41) is 7.43. The molecule has 0 bridgehead atoms. The second kappa shape index (κ2) is 5.88. The van der Waals surface area contributed by atoms with E-state index in [0.717, 1.165) is 11.1 Å². The van der Waals surface area contributed by atoms with Gasteiger partial charge in [-0.15, -0.1) is 0 Å². The number of benzene rings is 1. The van der Waals surface area contributed by atoms with Crippen molar-refractivity contribution in [1.82, 2.24) is 10.1 Å². The quantitative estimate of drug-likeness (QED) is 0.690. The number of thiophene rings is 1. The monoisotopic (exact) mass is 300 g/mol. The van der Waals surface area contributed by atoms with Crippen molar-refractivity contribution in [3.05, 3.63) is 58.1 Å². The molecular formula is C15H12N2O3S. The van der Waals surface area contributed by atoms with Crippen LogP contribution in [-0.2, 0) is 11.3 Å². The number of hydrogen-bond acceptors (Lipinski definition) is 6. The molecule has 0 amide bonds. The predicted molar refractivity (Wildman–Crippen MR) is 77.9 cm³/mol. The molecule has 2 aromatic heterocycles. The Balaban J connectivity index is 1.65. The Kier molecular flexibility index (Phi) is 3.79. The Morgan fingerprint density at radius 1 is 1.29 bits per heavy atom. The molecule has 21 heavy (non-hydrogen) atoms. The van der Waals surface area contributed by atoms with Crippen LogP contribution in [0.15, 0.2) is 45.6 Å². The maximum Gasteiger partial charge on any atom is 0.339 e. The number of nitrogens with zero attached hydrogens (tertiary/aromatic N) is 2. The number of aryl methyl sites for hydroxylation is 1. The van der Waals surface area contributed by atoms with Crippen molar-refractivity contribution in [2.75, 3.05) is 0 Å². The second-order valence-electron chi connectivity index (χ2n) is 4.47. The first-order chi connectivity index (χ1) is 10.2. The summed E-state index contributed by atoms with van der Waals surface area (Å²) in [5.74, 6) is 0.358. The van der Waals surface area contributed by atoms with Gasteiger partial charge in [0.2, 0.25) is 5.82 Å². The average molecular weight is 300 g/mol. The highest BCUT2D eigenvalue weighted by Crippen LogP contribution is 2.17. The smallest absolute Gasteiger partial charge is 0.339 e. The first kappa shape index (κ1) is 13.5. The van der Waals surface area contributed by atoms with Gasteiger partial charge in [-0.2, -0.15) is 16.3 Å². The third-order valence-corrected chi connectivity index (χ3v) is 3.54. The number of rotatable bonds is 4. The first-order valence-electron chi connectivity index (χ1n) is 6.31. The van der Waals surface area contributed by atoms with Crippen molar-refractivity contribution in [3.8, 4) is 11.4 Å². The molecule has 0 N–H and O–H groups in total. The third kappa shape index (κ3) is 3.17. The number of esters is 1. The molecule has 0 radical (unpaired) electrons. The molecule has 106 valence electrons. The van der Waals surface area contributed by atoms with E-state index in [4.69, 9.17) is 9.26 Å². The summed E-state index contributed by atoms with van der Waals surface area (Å²) in [6.45, 7) is 1.98. The molecule has 3 aromatic rings. The molecule has 0 atom stereocenters. The fourth-order valence-corrected chi connectivity index (χ4v) is 2.35. The van der Waals surface area contributed by atoms with E-state index in [9.17, 15) is 4.79 Å². The van der Waals surface area contributed by atoms with Gasteiger partial charge in [0.15, 0.2) is 6.61 Å². The van der Waals surface area contributed by atoms with Gasteiger partial charge >= 0.3 is 5.97 Å². The van der Waals surface area contributed by atoms with Crippen LogP contribution < -0.4 is 0 Å². The number of hydrogen-bond donors (Lipinski definition) is 0. The standard InChI is InChI=1S/C15H12N2O3S/c1-10-2-4-11(5-3-10)14-16-13(20-17-14)8-19-15(18)12-6-7-21-9-12/h2-7,9H,8H2,1H3. The van der Waals surface area contributed by atoms with Gasteiger partial charge < -0.3 is 9.26 Å². The molecule has 1 aromatic carbocycles. The van der Waals surface area contributed by atoms with Crippen molar-refractivity contribution in [2.45, 2.75) is 13.5 Å². The summed E-state index contributed by atoms with van der Waals surface area (Å²) in [5.41, 5.74) is 2.55. The Bertz CT molecular complexity index is 733. The highest BCUT2D eigenvalue weighted by atomic mass is 32.1. The maximum absolute atomic E-state index is 11.7. The fraction of sp³-hybridized carbons (Fsp3) is 0.133. The summed E-state index contributed by atoms with van der Waals surface area (Å²) in [4.78, 5) is 15.9. The minimum Gasteiger partial charge on any atom is -0.452 e. The SMILES string of the molecule is Cc1ccc(-c2noc(COC(=O)c3ccsc3)n2)cc1. The van der Waals surface area contributed by atoms with Gasteiger partial charge in [-0.3, -0.25) is 0 Å². The number of carbonyl (C=O) groups excluding carboxylic acids is 1. The molecule has 0 aliphatic carbocycles. The zero-order valence-corrected chi connectivity index (χ0v) is 12.1. The van der Waals surface area contributed by atoms with Crippen LogP contribution in [0.5, 0.6) is 0 Å². The third-order valence-electron chi connectivity index (χ3n) is 2.86. The topological polar surface area (TPSA) is 65.2 Å². The van der Waals surface area contributed by atoms with Crippen LogP contribution in [0.1, 0.15) is 21.8 Å². The lowest BCUT2D eigenvalue weighted by Crippen LogP contribution is -2.03. The summed E-state index contributed by atoms with van der Waals surface area (Å²) >= 11 is 1.44. The Hall–Kier alpha value is -2.47. The minimum atomic E-state index is -0.397. The predicted octanol–water partition coefficient (Wildman–Crippen LogP) is 3.46. The van der Waals surface area contributed by atoms with Gasteiger partial charge in [0.05, 0.1) is 5.56 Å². The van der Waals surface area contributed by atoms with E-state index >= 15 is 0 Å². The molecule has 0 aliphatic rings. The van der Waals surface area contributed by atoms with Gasteiger partial charge in [0.25, 0.3) is 5.89 Å². The van der Waals surface area contributed by atoms with Crippen LogP contribution in [0.2, 0.25) is 0 Å². The van der Waals surface area contributed by atoms with E-state index in [-0.39, 0.29) is 12.5 Å². The molecule has 0 unspecified atom stereocenters. The van der Waals surface area contributed by atoms with Crippen molar-refractivity contribution < 1.29 is 14.1 Å². The van der Waals surface area contributed by atoms with E-state index in [1.165, 1.54) is 11.3 Å². The van der Waals surface area contributed by atoms with Crippen LogP contribution in [0, 0.1) is 6.92 Å². The van der Waals surface area contributed by atoms with Crippen LogP contribution in [-0.4, -0.2) is 16.1 Å². The van der Waals surface area contributed by atoms with Crippen molar-refractivity contribution >= 4 is 17.3 Å². The lowest BCUT2D eigenvalue weighted by atomic mass is 10.1. The summed E-state index contributed by atoms with van der Waals surface area (Å²) in [7, 11) is 0. The molecule has 0 aliphatic heterocycles. The molecule has 0 spiro atoms. The maximum atomic E-state index is 11.7. The lowest BCUT2D eigenvalue weighted by Gasteiger charge is -1.98. The fourth-order valence-electron chi connectivity index (χ4n) is 1.72. The van der Waals surface area contributed by atoms with Gasteiger partial charge in [-0.25, -0.2) is 4.79 Å². The Morgan fingerprint density at radius 2 is 2.10 bits per heavy atom. The average Bonchev–Trinajstić information content (AvgIpc) is 3.17. The molecule has 6 heteroatoms. The molecular weight excluding hydrogens is 288 g/mol. The summed E-state index contributed by atoms with van der Waals surface area (Å²) < 4.78 is 10.2. The number of carbonyl (C=O) groups is 1. The van der Waals surface area contributed by atoms with E-state index < -0.39 is 5.97 Å². The van der Waals surface area contributed by atoms with Gasteiger partial charge in [0, 0.05) is 10.9 Å². The molecule has 0 saturated carbocycles. The first-order valence-corrected chi connectivity index (χ1v) is 7.25. The highest BCUT2D eigenvalue weighted by molar-refractivity contribution is 7.08. The van der Waals surface area contributed by atoms with E-state index in [1.807, 2.05) is 36.6 Å². The zero-order chi connectivity index (χ0) is 14.7. The van der Waals surface area contributed by atoms with Crippen molar-refractivity contribution in [3.63, 3.8) is 0 Å². The van der Waals surface area contributed by atoms with Gasteiger partial charge in [-0.1, -0.05) is 35.0 Å². The molecule has 3 rings (SSSR count). The summed E-state index contributed by atoms with van der Waals surface area (Å²) in [6.07, 6.45) is 0. The largest absolute Gasteiger partial charge is 0.452 e. The van der Waals surface area contributed by atoms with Crippen LogP contribution in [0.3, 0.4) is 0 Å².